The molecule has 1 unspecified atom stereocenters. The summed E-state index contributed by atoms with van der Waals surface area (Å²) in [6.45, 7) is 1.35. The van der Waals surface area contributed by atoms with Crippen molar-refractivity contribution in [3.63, 3.8) is 0 Å². The van der Waals surface area contributed by atoms with Crippen molar-refractivity contribution < 1.29 is 5.11 Å². The molecule has 1 aliphatic rings. The molecular formula is C16H18N2O. The van der Waals surface area contributed by atoms with E-state index >= 15 is 0 Å². The summed E-state index contributed by atoms with van der Waals surface area (Å²) in [6.07, 6.45) is 5.34. The number of hydrogen-bond donors (Lipinski definition) is 2. The van der Waals surface area contributed by atoms with Gasteiger partial charge in [0.25, 0.3) is 0 Å². The molecule has 0 bridgehead atoms. The molecule has 1 aromatic heterocycles. The number of pyridine rings is 1. The molecule has 3 rings (SSSR count). The van der Waals surface area contributed by atoms with Gasteiger partial charge in [0.1, 0.15) is 5.60 Å². The van der Waals surface area contributed by atoms with Gasteiger partial charge in [0.15, 0.2) is 0 Å². The Hall–Kier alpha value is -1.71. The van der Waals surface area contributed by atoms with Crippen LogP contribution in [0.3, 0.4) is 0 Å². The molecule has 3 heteroatoms. The lowest BCUT2D eigenvalue weighted by Gasteiger charge is -2.24. The fourth-order valence-corrected chi connectivity index (χ4v) is 2.77. The summed E-state index contributed by atoms with van der Waals surface area (Å²) in [5.74, 6) is 0. The van der Waals surface area contributed by atoms with Gasteiger partial charge in [-0.15, -0.1) is 0 Å². The van der Waals surface area contributed by atoms with Crippen molar-refractivity contribution in [3.05, 3.63) is 65.5 Å². The van der Waals surface area contributed by atoms with Crippen LogP contribution in [0, 0.1) is 0 Å². The fourth-order valence-electron chi connectivity index (χ4n) is 2.77. The molecule has 0 fully saturated rings. The molecule has 1 aromatic carbocycles. The first kappa shape index (κ1) is 12.3. The Balaban J connectivity index is 1.65. The molecule has 2 aromatic rings. The number of benzene rings is 1. The van der Waals surface area contributed by atoms with Gasteiger partial charge >= 0.3 is 0 Å². The van der Waals surface area contributed by atoms with Gasteiger partial charge < -0.3 is 10.4 Å². The normalized spacial score (nSPS) is 21.3. The Morgan fingerprint density at radius 2 is 1.95 bits per heavy atom. The minimum absolute atomic E-state index is 0.590. The number of aryl methyl sites for hydroxylation is 1. The maximum atomic E-state index is 10.7. The highest BCUT2D eigenvalue weighted by Gasteiger charge is 2.35. The van der Waals surface area contributed by atoms with E-state index in [4.69, 9.17) is 0 Å². The molecule has 0 spiro atoms. The topological polar surface area (TPSA) is 45.1 Å². The summed E-state index contributed by atoms with van der Waals surface area (Å²) in [4.78, 5) is 4.00. The highest BCUT2D eigenvalue weighted by atomic mass is 16.3. The van der Waals surface area contributed by atoms with Gasteiger partial charge in [0.2, 0.25) is 0 Å². The summed E-state index contributed by atoms with van der Waals surface area (Å²) in [5.41, 5.74) is 2.82. The minimum Gasteiger partial charge on any atom is -0.384 e. The van der Waals surface area contributed by atoms with Gasteiger partial charge in [-0.25, -0.2) is 0 Å². The summed E-state index contributed by atoms with van der Waals surface area (Å²) in [6, 6.07) is 12.2. The number of rotatable bonds is 4. The molecule has 0 saturated carbocycles. The van der Waals surface area contributed by atoms with E-state index in [1.165, 1.54) is 11.1 Å². The summed E-state index contributed by atoms with van der Waals surface area (Å²) in [5, 5.41) is 14.1. The zero-order valence-electron chi connectivity index (χ0n) is 10.8. The van der Waals surface area contributed by atoms with Crippen molar-refractivity contribution in [1.82, 2.24) is 10.3 Å². The first-order valence-corrected chi connectivity index (χ1v) is 6.68. The quantitative estimate of drug-likeness (QED) is 0.877. The molecule has 0 amide bonds. The largest absolute Gasteiger partial charge is 0.384 e. The summed E-state index contributed by atoms with van der Waals surface area (Å²) >= 11 is 0. The van der Waals surface area contributed by atoms with Crippen molar-refractivity contribution in [3.8, 4) is 0 Å². The van der Waals surface area contributed by atoms with Crippen molar-refractivity contribution in [1.29, 1.82) is 0 Å². The zero-order chi connectivity index (χ0) is 13.1. The van der Waals surface area contributed by atoms with Crippen LogP contribution < -0.4 is 5.32 Å². The molecule has 19 heavy (non-hydrogen) atoms. The standard InChI is InChI=1S/C16H18N2O/c19-16(8-5-14-3-1-2-4-15(14)16)12-18-11-13-6-9-17-10-7-13/h1-4,6-7,9-10,18-19H,5,8,11-12H2. The molecule has 0 radical (unpaired) electrons. The molecule has 98 valence electrons. The van der Waals surface area contributed by atoms with Crippen LogP contribution in [0.4, 0.5) is 0 Å². The lowest BCUT2D eigenvalue weighted by molar-refractivity contribution is 0.0384. The zero-order valence-corrected chi connectivity index (χ0v) is 10.8. The number of aromatic nitrogens is 1. The number of hydrogen-bond acceptors (Lipinski definition) is 3. The lowest BCUT2D eigenvalue weighted by Crippen LogP contribution is -2.35. The van der Waals surface area contributed by atoms with Crippen LogP contribution in [-0.2, 0) is 18.6 Å². The molecule has 0 saturated heterocycles. The number of nitrogens with zero attached hydrogens (tertiary/aromatic N) is 1. The molecular weight excluding hydrogens is 236 g/mol. The third-order valence-electron chi connectivity index (χ3n) is 3.82. The maximum absolute atomic E-state index is 10.7. The minimum atomic E-state index is -0.719. The number of fused-ring (bicyclic) bond motifs is 1. The van der Waals surface area contributed by atoms with E-state index < -0.39 is 5.60 Å². The van der Waals surface area contributed by atoms with E-state index in [1.54, 1.807) is 12.4 Å². The Labute approximate surface area is 113 Å². The predicted octanol–water partition coefficient (Wildman–Crippen LogP) is 2.01. The van der Waals surface area contributed by atoms with Gasteiger partial charge in [-0.05, 0) is 41.7 Å². The first-order valence-electron chi connectivity index (χ1n) is 6.68. The van der Waals surface area contributed by atoms with Crippen molar-refractivity contribution in [2.75, 3.05) is 6.54 Å². The third kappa shape index (κ3) is 2.53. The Kier molecular flexibility index (Phi) is 3.32. The molecule has 2 N–H and O–H groups in total. The van der Waals surface area contributed by atoms with Crippen LogP contribution in [0.5, 0.6) is 0 Å². The molecule has 1 aliphatic carbocycles. The Morgan fingerprint density at radius 3 is 2.79 bits per heavy atom. The molecule has 1 atom stereocenters. The maximum Gasteiger partial charge on any atom is 0.103 e. The van der Waals surface area contributed by atoms with Crippen LogP contribution in [0.1, 0.15) is 23.1 Å². The Bertz CT molecular complexity index is 556. The molecule has 0 aliphatic heterocycles. The van der Waals surface area contributed by atoms with E-state index in [0.717, 1.165) is 24.9 Å². The van der Waals surface area contributed by atoms with E-state index in [2.05, 4.69) is 16.4 Å². The second-order valence-corrected chi connectivity index (χ2v) is 5.15. The summed E-state index contributed by atoms with van der Waals surface area (Å²) < 4.78 is 0. The highest BCUT2D eigenvalue weighted by molar-refractivity contribution is 5.37. The third-order valence-corrected chi connectivity index (χ3v) is 3.82. The van der Waals surface area contributed by atoms with Crippen molar-refractivity contribution >= 4 is 0 Å². The fraction of sp³-hybridized carbons (Fsp3) is 0.312. The second kappa shape index (κ2) is 5.11. The second-order valence-electron chi connectivity index (χ2n) is 5.15. The van der Waals surface area contributed by atoms with E-state index in [0.29, 0.717) is 6.54 Å². The molecule has 3 nitrogen and oxygen atoms in total. The predicted molar refractivity (Wildman–Crippen MR) is 74.6 cm³/mol. The average molecular weight is 254 g/mol. The SMILES string of the molecule is OC1(CNCc2ccncc2)CCc2ccccc21. The van der Waals surface area contributed by atoms with Crippen molar-refractivity contribution in [2.24, 2.45) is 0 Å². The number of aliphatic hydroxyl groups is 1. The van der Waals surface area contributed by atoms with Crippen LogP contribution in [0.2, 0.25) is 0 Å². The molecule has 1 heterocycles. The van der Waals surface area contributed by atoms with Crippen LogP contribution in [0.25, 0.3) is 0 Å². The monoisotopic (exact) mass is 254 g/mol. The van der Waals surface area contributed by atoms with E-state index in [1.807, 2.05) is 30.3 Å². The van der Waals surface area contributed by atoms with Crippen LogP contribution in [-0.4, -0.2) is 16.6 Å². The van der Waals surface area contributed by atoms with Gasteiger partial charge in [-0.3, -0.25) is 4.98 Å². The summed E-state index contributed by atoms with van der Waals surface area (Å²) in [7, 11) is 0. The highest BCUT2D eigenvalue weighted by Crippen LogP contribution is 2.36. The van der Waals surface area contributed by atoms with Gasteiger partial charge in [0.05, 0.1) is 0 Å². The van der Waals surface area contributed by atoms with Gasteiger partial charge in [0, 0.05) is 25.5 Å². The van der Waals surface area contributed by atoms with Gasteiger partial charge in [-0.2, -0.15) is 0 Å². The lowest BCUT2D eigenvalue weighted by atomic mass is 9.96. The van der Waals surface area contributed by atoms with Crippen LogP contribution in [0.15, 0.2) is 48.8 Å². The van der Waals surface area contributed by atoms with Gasteiger partial charge in [-0.1, -0.05) is 24.3 Å². The van der Waals surface area contributed by atoms with E-state index in [-0.39, 0.29) is 0 Å². The van der Waals surface area contributed by atoms with Crippen LogP contribution >= 0.6 is 0 Å². The van der Waals surface area contributed by atoms with E-state index in [9.17, 15) is 5.11 Å². The van der Waals surface area contributed by atoms with Crippen molar-refractivity contribution in [2.45, 2.75) is 25.0 Å². The first-order chi connectivity index (χ1) is 9.28. The smallest absolute Gasteiger partial charge is 0.103 e. The average Bonchev–Trinajstić information content (AvgIpc) is 2.79. The Morgan fingerprint density at radius 1 is 1.16 bits per heavy atom. The number of nitrogens with one attached hydrogen (secondary N) is 1.